The van der Waals surface area contributed by atoms with Crippen LogP contribution in [0.1, 0.15) is 0 Å². The normalized spacial score (nSPS) is 5.50. The number of hydrogen-bond donors (Lipinski definition) is 1. The summed E-state index contributed by atoms with van der Waals surface area (Å²) in [6.07, 6.45) is 0. The molecule has 0 fully saturated rings. The molecule has 0 aliphatic carbocycles. The molecule has 0 aromatic heterocycles. The maximum Gasteiger partial charge on any atom is 2.00 e. The van der Waals surface area contributed by atoms with Crippen LogP contribution in [0.4, 0.5) is 0 Å². The molecule has 0 rings (SSSR count). The van der Waals surface area contributed by atoms with Crippen molar-refractivity contribution in [2.75, 3.05) is 0 Å². The van der Waals surface area contributed by atoms with E-state index >= 15 is 0 Å². The van der Waals surface area contributed by atoms with Gasteiger partial charge in [-0.25, -0.2) is 4.94 Å². The molecule has 0 bridgehead atoms. The van der Waals surface area contributed by atoms with Gasteiger partial charge in [0.25, 0.3) is 0 Å². The van der Waals surface area contributed by atoms with Crippen LogP contribution in [0.15, 0.2) is 0 Å². The van der Waals surface area contributed by atoms with Crippen molar-refractivity contribution in [3.05, 3.63) is 10.1 Å². The minimum atomic E-state index is -1.10. The second-order valence-electron chi connectivity index (χ2n) is 0.329. The zero-order valence-electron chi connectivity index (χ0n) is 2.55. The van der Waals surface area contributed by atoms with Crippen LogP contribution in [0.3, 0.4) is 0 Å². The smallest absolute Gasteiger partial charge is 0.223 e. The Bertz CT molecular complexity index is 44.1. The van der Waals surface area contributed by atoms with Crippen LogP contribution in [0.5, 0.6) is 0 Å². The Balaban J connectivity index is 0. The third kappa shape index (κ3) is 9.37. The predicted molar refractivity (Wildman–Crippen MR) is 12.3 cm³/mol. The van der Waals surface area contributed by atoms with E-state index in [-0.39, 0.29) is 17.1 Å². The summed E-state index contributed by atoms with van der Waals surface area (Å²) in [5.41, 5.74) is 0. The maximum absolute atomic E-state index is 8.83. The van der Waals surface area contributed by atoms with Crippen molar-refractivity contribution >= 4 is 0 Å². The molecule has 1 radical (unpaired) electrons. The van der Waals surface area contributed by atoms with Gasteiger partial charge in [-0.05, 0) is 0 Å². The molecule has 39 valence electrons. The van der Waals surface area contributed by atoms with E-state index in [2.05, 4.69) is 10.8 Å². The molecular formula is H2CuN2O3+2. The summed E-state index contributed by atoms with van der Waals surface area (Å²) in [7, 11) is 0. The van der Waals surface area contributed by atoms with Gasteiger partial charge in [-0.15, -0.1) is 10.1 Å². The Hall–Kier alpha value is -0.321. The number of rotatable bonds is 1. The fraction of sp³-hybridized carbons (Fsp3) is 0. The van der Waals surface area contributed by atoms with Crippen LogP contribution in [-0.4, -0.2) is 5.09 Å². The Morgan fingerprint density at radius 2 is 2.00 bits per heavy atom. The van der Waals surface area contributed by atoms with Crippen molar-refractivity contribution in [2.45, 2.75) is 0 Å². The zero-order chi connectivity index (χ0) is 4.28. The maximum atomic E-state index is 8.83. The van der Waals surface area contributed by atoms with Crippen molar-refractivity contribution in [1.29, 1.82) is 0 Å². The first-order chi connectivity index (χ1) is 2.27. The molecular weight excluding hydrogens is 140 g/mol. The van der Waals surface area contributed by atoms with Crippen LogP contribution in [0.2, 0.25) is 0 Å². The van der Waals surface area contributed by atoms with E-state index in [9.17, 15) is 0 Å². The first-order valence-corrected chi connectivity index (χ1v) is 0.783. The van der Waals surface area contributed by atoms with Crippen LogP contribution in [-0.2, 0) is 22.0 Å². The quantitative estimate of drug-likeness (QED) is 0.291. The van der Waals surface area contributed by atoms with Gasteiger partial charge in [-0.1, -0.05) is 0 Å². The van der Waals surface area contributed by atoms with Gasteiger partial charge in [-0.3, -0.25) is 0 Å². The zero-order valence-corrected chi connectivity index (χ0v) is 3.49. The molecule has 0 amide bonds. The topological polar surface area (TPSA) is 78.4 Å². The largest absolute Gasteiger partial charge is 2.00 e. The standard InChI is InChI=1S/Cu.H2N2O3/c;1-5-2(3)4/h;1H2/q+2;. The van der Waals surface area contributed by atoms with Crippen molar-refractivity contribution in [3.8, 4) is 0 Å². The van der Waals surface area contributed by atoms with Gasteiger partial charge in [0.05, 0.1) is 0 Å². The van der Waals surface area contributed by atoms with Gasteiger partial charge in [-0.2, -0.15) is 5.90 Å². The molecule has 0 heterocycles. The molecule has 0 saturated heterocycles. The molecule has 0 spiro atoms. The third-order valence-electron chi connectivity index (χ3n) is 0.0861. The molecule has 0 atom stereocenters. The van der Waals surface area contributed by atoms with Gasteiger partial charge < -0.3 is 0 Å². The Morgan fingerprint density at radius 3 is 2.00 bits per heavy atom. The first kappa shape index (κ1) is 9.19. The van der Waals surface area contributed by atoms with Gasteiger partial charge in [0, 0.05) is 0 Å². The minimum absolute atomic E-state index is 0. The molecule has 2 N–H and O–H groups in total. The van der Waals surface area contributed by atoms with E-state index in [1.54, 1.807) is 0 Å². The van der Waals surface area contributed by atoms with Crippen molar-refractivity contribution in [1.82, 2.24) is 0 Å². The van der Waals surface area contributed by atoms with Gasteiger partial charge in [0.15, 0.2) is 0 Å². The molecule has 0 aromatic carbocycles. The summed E-state index contributed by atoms with van der Waals surface area (Å²) in [6.45, 7) is 0. The van der Waals surface area contributed by atoms with E-state index in [0.717, 1.165) is 0 Å². The van der Waals surface area contributed by atoms with E-state index < -0.39 is 5.09 Å². The number of hydrogen-bond acceptors (Lipinski definition) is 4. The van der Waals surface area contributed by atoms with Crippen LogP contribution in [0.25, 0.3) is 0 Å². The summed E-state index contributed by atoms with van der Waals surface area (Å²) in [4.78, 5) is 11.8. The molecule has 0 aliphatic heterocycles. The van der Waals surface area contributed by atoms with Crippen molar-refractivity contribution in [2.24, 2.45) is 5.90 Å². The van der Waals surface area contributed by atoms with E-state index in [0.29, 0.717) is 0 Å². The Kier molecular flexibility index (Phi) is 7.16. The van der Waals surface area contributed by atoms with Gasteiger partial charge in [0.2, 0.25) is 0 Å². The monoisotopic (exact) mass is 141 g/mol. The molecule has 0 aliphatic rings. The minimum Gasteiger partial charge on any atom is -0.223 e. The SMILES string of the molecule is NO[N+](=O)[O-].[Cu+2]. The fourth-order valence-electron chi connectivity index (χ4n) is 0. The Morgan fingerprint density at radius 1 is 1.83 bits per heavy atom. The molecule has 0 unspecified atom stereocenters. The first-order valence-electron chi connectivity index (χ1n) is 0.783. The van der Waals surface area contributed by atoms with Gasteiger partial charge in [0.1, 0.15) is 0 Å². The fourth-order valence-corrected chi connectivity index (χ4v) is 0. The van der Waals surface area contributed by atoms with Crippen molar-refractivity contribution < 1.29 is 27.1 Å². The average molecular weight is 142 g/mol. The number of nitrogens with two attached hydrogens (primary N) is 1. The van der Waals surface area contributed by atoms with E-state index in [1.807, 2.05) is 0 Å². The average Bonchev–Trinajstić information content (AvgIpc) is 1.38. The second-order valence-corrected chi connectivity index (χ2v) is 0.329. The second kappa shape index (κ2) is 4.68. The number of nitrogens with zero attached hydrogens (tertiary/aromatic N) is 1. The van der Waals surface area contributed by atoms with Crippen LogP contribution >= 0.6 is 0 Å². The van der Waals surface area contributed by atoms with E-state index in [1.165, 1.54) is 0 Å². The summed E-state index contributed by atoms with van der Waals surface area (Å²) in [5.74, 6) is 3.97. The molecule has 6 heteroatoms. The van der Waals surface area contributed by atoms with Gasteiger partial charge >= 0.3 is 22.2 Å². The summed E-state index contributed by atoms with van der Waals surface area (Å²) >= 11 is 0. The van der Waals surface area contributed by atoms with Crippen LogP contribution < -0.4 is 5.90 Å². The third-order valence-corrected chi connectivity index (χ3v) is 0.0861. The summed E-state index contributed by atoms with van der Waals surface area (Å²) in [5, 5.41) is 7.73. The summed E-state index contributed by atoms with van der Waals surface area (Å²) < 4.78 is 0. The predicted octanol–water partition coefficient (Wildman–Crippen LogP) is -0.934. The molecule has 0 saturated carbocycles. The van der Waals surface area contributed by atoms with E-state index in [4.69, 9.17) is 10.1 Å². The summed E-state index contributed by atoms with van der Waals surface area (Å²) in [6, 6.07) is 0. The molecule has 6 heavy (non-hydrogen) atoms. The van der Waals surface area contributed by atoms with Crippen molar-refractivity contribution in [3.63, 3.8) is 0 Å². The molecule has 5 nitrogen and oxygen atoms in total. The van der Waals surface area contributed by atoms with Crippen LogP contribution in [0, 0.1) is 10.1 Å². The molecule has 0 aromatic rings. The Labute approximate surface area is 44.0 Å².